The average Bonchev–Trinajstić information content (AvgIpc) is 2.34. The van der Waals surface area contributed by atoms with Gasteiger partial charge in [-0.15, -0.1) is 0 Å². The lowest BCUT2D eigenvalue weighted by atomic mass is 10.1. The van der Waals surface area contributed by atoms with Gasteiger partial charge in [-0.3, -0.25) is 5.41 Å². The van der Waals surface area contributed by atoms with E-state index in [2.05, 4.69) is 10.1 Å². The summed E-state index contributed by atoms with van der Waals surface area (Å²) in [4.78, 5) is 22.6. The van der Waals surface area contributed by atoms with Gasteiger partial charge in [-0.05, 0) is 12.8 Å². The van der Waals surface area contributed by atoms with Crippen LogP contribution in [0.25, 0.3) is 0 Å². The van der Waals surface area contributed by atoms with E-state index in [4.69, 9.17) is 27.9 Å². The fourth-order valence-corrected chi connectivity index (χ4v) is 1.10. The lowest BCUT2D eigenvalue weighted by Crippen LogP contribution is -2.40. The number of hydrogen-bond acceptors (Lipinski definition) is 7. The molecule has 0 bridgehead atoms. The molecule has 0 aliphatic carbocycles. The molecule has 106 valence electrons. The first-order valence-electron chi connectivity index (χ1n) is 5.60. The predicted molar refractivity (Wildman–Crippen MR) is 66.4 cm³/mol. The molecule has 0 aromatic carbocycles. The zero-order chi connectivity index (χ0) is 14.8. The average molecular weight is 270 g/mol. The number of nitrogens with one attached hydrogen (secondary N) is 2. The third-order valence-electron chi connectivity index (χ3n) is 2.13. The number of carbonyl (C=O) groups is 2. The number of nitrogens with zero attached hydrogens (tertiary/aromatic N) is 1. The van der Waals surface area contributed by atoms with E-state index in [-0.39, 0.29) is 18.8 Å². The van der Waals surface area contributed by atoms with Crippen molar-refractivity contribution < 1.29 is 14.3 Å². The van der Waals surface area contributed by atoms with Crippen molar-refractivity contribution in [2.45, 2.75) is 31.3 Å². The van der Waals surface area contributed by atoms with Crippen molar-refractivity contribution in [2.75, 3.05) is 6.54 Å². The van der Waals surface area contributed by atoms with Gasteiger partial charge in [0, 0.05) is 6.54 Å². The van der Waals surface area contributed by atoms with E-state index in [0.29, 0.717) is 13.0 Å². The summed E-state index contributed by atoms with van der Waals surface area (Å²) < 4.78 is 4.44. The van der Waals surface area contributed by atoms with Crippen molar-refractivity contribution in [3.8, 4) is 6.07 Å². The molecule has 0 saturated heterocycles. The normalized spacial score (nSPS) is 12.9. The van der Waals surface area contributed by atoms with E-state index in [9.17, 15) is 9.59 Å². The quantitative estimate of drug-likeness (QED) is 0.114. The molecule has 0 amide bonds. The number of nitriles is 1. The Hall–Kier alpha value is -2.18. The summed E-state index contributed by atoms with van der Waals surface area (Å²) in [7, 11) is 0. The summed E-state index contributed by atoms with van der Waals surface area (Å²) in [6, 6.07) is -0.423. The molecular weight excluding hydrogens is 252 g/mol. The zero-order valence-electron chi connectivity index (χ0n) is 10.4. The SMILES string of the molecule is N#CC[C@H](N)C(=O)OC(=O)[C@@H](N)CCCNC(=N)N. The van der Waals surface area contributed by atoms with Crippen molar-refractivity contribution >= 4 is 17.9 Å². The minimum Gasteiger partial charge on any atom is -0.391 e. The van der Waals surface area contributed by atoms with Gasteiger partial charge in [-0.2, -0.15) is 5.26 Å². The van der Waals surface area contributed by atoms with Crippen molar-refractivity contribution in [3.05, 3.63) is 0 Å². The maximum Gasteiger partial charge on any atom is 0.331 e. The molecule has 0 aliphatic rings. The molecule has 2 atom stereocenters. The molecule has 9 heteroatoms. The number of esters is 2. The number of nitrogens with two attached hydrogens (primary N) is 3. The van der Waals surface area contributed by atoms with Crippen molar-refractivity contribution in [1.29, 1.82) is 10.7 Å². The molecule has 0 saturated carbocycles. The number of guanidine groups is 1. The maximum absolute atomic E-state index is 11.4. The van der Waals surface area contributed by atoms with E-state index in [0.717, 1.165) is 0 Å². The van der Waals surface area contributed by atoms with Crippen LogP contribution in [0, 0.1) is 16.7 Å². The summed E-state index contributed by atoms with van der Waals surface area (Å²) in [6.07, 6.45) is 0.512. The zero-order valence-corrected chi connectivity index (χ0v) is 10.4. The van der Waals surface area contributed by atoms with E-state index < -0.39 is 24.0 Å². The van der Waals surface area contributed by atoms with Gasteiger partial charge < -0.3 is 27.3 Å². The molecule has 0 rings (SSSR count). The van der Waals surface area contributed by atoms with Gasteiger partial charge in [0.2, 0.25) is 0 Å². The lowest BCUT2D eigenvalue weighted by molar-refractivity contribution is -0.161. The van der Waals surface area contributed by atoms with Crippen molar-refractivity contribution in [2.24, 2.45) is 17.2 Å². The Bertz CT molecular complexity index is 378. The fraction of sp³-hybridized carbons (Fsp3) is 0.600. The second-order valence-corrected chi connectivity index (χ2v) is 3.80. The van der Waals surface area contributed by atoms with Gasteiger partial charge in [-0.1, -0.05) is 0 Å². The van der Waals surface area contributed by atoms with Crippen LogP contribution in [-0.4, -0.2) is 36.5 Å². The predicted octanol–water partition coefficient (Wildman–Crippen LogP) is -2.11. The van der Waals surface area contributed by atoms with Crippen LogP contribution < -0.4 is 22.5 Å². The van der Waals surface area contributed by atoms with E-state index in [1.165, 1.54) is 0 Å². The van der Waals surface area contributed by atoms with Crippen LogP contribution >= 0.6 is 0 Å². The number of carbonyl (C=O) groups excluding carboxylic acids is 2. The fourth-order valence-electron chi connectivity index (χ4n) is 1.10. The largest absolute Gasteiger partial charge is 0.391 e. The third kappa shape index (κ3) is 7.69. The standard InChI is InChI=1S/C10H18N6O3/c11-4-3-7(13)9(18)19-8(17)6(12)2-1-5-16-10(14)15/h6-7H,1-3,5,12-13H2,(H4,14,15,16)/t6-,7-/m0/s1. The molecule has 8 N–H and O–H groups in total. The summed E-state index contributed by atoms with van der Waals surface area (Å²) in [5.41, 5.74) is 15.9. The molecule has 0 fully saturated rings. The maximum atomic E-state index is 11.4. The Morgan fingerprint density at radius 2 is 1.89 bits per heavy atom. The summed E-state index contributed by atoms with van der Waals surface area (Å²) in [6.45, 7) is 0.387. The number of ether oxygens (including phenoxy) is 1. The van der Waals surface area contributed by atoms with Crippen LogP contribution in [0.3, 0.4) is 0 Å². The van der Waals surface area contributed by atoms with E-state index in [1.54, 1.807) is 6.07 Å². The van der Waals surface area contributed by atoms with Gasteiger partial charge >= 0.3 is 11.9 Å². The van der Waals surface area contributed by atoms with Crippen LogP contribution in [0.2, 0.25) is 0 Å². The molecule has 0 heterocycles. The second-order valence-electron chi connectivity index (χ2n) is 3.80. The minimum absolute atomic E-state index is 0.172. The molecular formula is C10H18N6O3. The van der Waals surface area contributed by atoms with Gasteiger partial charge in [0.1, 0.15) is 12.1 Å². The summed E-state index contributed by atoms with van der Waals surface area (Å²) in [5.74, 6) is -2.03. The highest BCUT2D eigenvalue weighted by atomic mass is 16.6. The van der Waals surface area contributed by atoms with Gasteiger partial charge in [0.25, 0.3) is 0 Å². The molecule has 0 unspecified atom stereocenters. The van der Waals surface area contributed by atoms with E-state index >= 15 is 0 Å². The molecule has 19 heavy (non-hydrogen) atoms. The molecule has 0 spiro atoms. The lowest BCUT2D eigenvalue weighted by Gasteiger charge is -2.12. The van der Waals surface area contributed by atoms with Gasteiger partial charge in [-0.25, -0.2) is 9.59 Å². The van der Waals surface area contributed by atoms with Crippen LogP contribution in [0.4, 0.5) is 0 Å². The third-order valence-corrected chi connectivity index (χ3v) is 2.13. The highest BCUT2D eigenvalue weighted by Gasteiger charge is 2.22. The molecule has 0 radical (unpaired) electrons. The minimum atomic E-state index is -1.15. The highest BCUT2D eigenvalue weighted by molar-refractivity contribution is 5.90. The Morgan fingerprint density at radius 1 is 1.32 bits per heavy atom. The Balaban J connectivity index is 3.97. The van der Waals surface area contributed by atoms with E-state index in [1.807, 2.05) is 0 Å². The summed E-state index contributed by atoms with van der Waals surface area (Å²) >= 11 is 0. The van der Waals surface area contributed by atoms with Crippen molar-refractivity contribution in [1.82, 2.24) is 5.32 Å². The second kappa shape index (κ2) is 8.84. The van der Waals surface area contributed by atoms with Crippen LogP contribution in [0.15, 0.2) is 0 Å². The Labute approximate surface area is 110 Å². The molecule has 0 aromatic rings. The van der Waals surface area contributed by atoms with Crippen molar-refractivity contribution in [3.63, 3.8) is 0 Å². The van der Waals surface area contributed by atoms with Crippen LogP contribution in [-0.2, 0) is 14.3 Å². The first kappa shape index (κ1) is 16.8. The highest BCUT2D eigenvalue weighted by Crippen LogP contribution is 1.99. The molecule has 0 aromatic heterocycles. The molecule has 0 aliphatic heterocycles. The Morgan fingerprint density at radius 3 is 2.42 bits per heavy atom. The van der Waals surface area contributed by atoms with Gasteiger partial charge in [0.05, 0.1) is 12.5 Å². The number of hydrogen-bond donors (Lipinski definition) is 5. The first-order chi connectivity index (χ1) is 8.88. The Kier molecular flexibility index (Phi) is 7.83. The monoisotopic (exact) mass is 270 g/mol. The first-order valence-corrected chi connectivity index (χ1v) is 5.60. The van der Waals surface area contributed by atoms with Gasteiger partial charge in [0.15, 0.2) is 5.96 Å². The van der Waals surface area contributed by atoms with Crippen LogP contribution in [0.5, 0.6) is 0 Å². The number of rotatable bonds is 7. The topological polar surface area (TPSA) is 181 Å². The molecule has 9 nitrogen and oxygen atoms in total. The summed E-state index contributed by atoms with van der Waals surface area (Å²) in [5, 5.41) is 17.8. The van der Waals surface area contributed by atoms with Crippen LogP contribution in [0.1, 0.15) is 19.3 Å². The smallest absolute Gasteiger partial charge is 0.331 e.